The van der Waals surface area contributed by atoms with Crippen molar-refractivity contribution >= 4 is 0 Å². The standard InChI is InChI=1S/C19H37O2/c1-6-18(4)14-19(5,17(21)16(18)20)13-11-9-7-8-10-12-15(2)3/h16-17,20-21H,6-14H2,1-5H3/q+1. The van der Waals surface area contributed by atoms with Gasteiger partial charge in [0, 0.05) is 0 Å². The zero-order valence-electron chi connectivity index (χ0n) is 14.9. The van der Waals surface area contributed by atoms with Crippen LogP contribution < -0.4 is 0 Å². The summed E-state index contributed by atoms with van der Waals surface area (Å²) in [7, 11) is 0. The fourth-order valence-corrected chi connectivity index (χ4v) is 4.00. The number of unbranched alkanes of at least 4 members (excludes halogenated alkanes) is 4. The lowest BCUT2D eigenvalue weighted by Gasteiger charge is -2.29. The quantitative estimate of drug-likeness (QED) is 0.470. The van der Waals surface area contributed by atoms with Gasteiger partial charge < -0.3 is 10.2 Å². The van der Waals surface area contributed by atoms with E-state index in [2.05, 4.69) is 34.6 Å². The zero-order valence-corrected chi connectivity index (χ0v) is 14.9. The first-order chi connectivity index (χ1) is 9.75. The van der Waals surface area contributed by atoms with E-state index in [1.807, 2.05) is 0 Å². The molecule has 0 aliphatic heterocycles. The number of aliphatic hydroxyl groups is 2. The molecule has 2 nitrogen and oxygen atoms in total. The highest BCUT2D eigenvalue weighted by Gasteiger charge is 2.54. The van der Waals surface area contributed by atoms with Crippen LogP contribution in [0.4, 0.5) is 0 Å². The van der Waals surface area contributed by atoms with Crippen molar-refractivity contribution in [2.24, 2.45) is 10.8 Å². The summed E-state index contributed by atoms with van der Waals surface area (Å²) in [5.74, 6) is 1.53. The molecule has 124 valence electrons. The molecule has 21 heavy (non-hydrogen) atoms. The topological polar surface area (TPSA) is 40.5 Å². The highest BCUT2D eigenvalue weighted by atomic mass is 16.3. The number of hydrogen-bond donors (Lipinski definition) is 2. The number of aliphatic hydroxyl groups excluding tert-OH is 2. The summed E-state index contributed by atoms with van der Waals surface area (Å²) in [6, 6.07) is 0. The molecule has 0 radical (unpaired) electrons. The lowest BCUT2D eigenvalue weighted by Crippen LogP contribution is -2.36. The second-order valence-electron chi connectivity index (χ2n) is 8.20. The van der Waals surface area contributed by atoms with Crippen LogP contribution in [0.5, 0.6) is 0 Å². The monoisotopic (exact) mass is 297 g/mol. The Morgan fingerprint density at radius 1 is 0.905 bits per heavy atom. The molecule has 0 aromatic heterocycles. The van der Waals surface area contributed by atoms with Crippen LogP contribution in [0, 0.1) is 16.7 Å². The molecule has 4 atom stereocenters. The van der Waals surface area contributed by atoms with Gasteiger partial charge in [0.2, 0.25) is 0 Å². The fourth-order valence-electron chi connectivity index (χ4n) is 4.00. The molecule has 1 fully saturated rings. The lowest BCUT2D eigenvalue weighted by molar-refractivity contribution is -0.0427. The number of hydrogen-bond acceptors (Lipinski definition) is 2. The molecule has 1 aliphatic carbocycles. The predicted molar refractivity (Wildman–Crippen MR) is 90.0 cm³/mol. The van der Waals surface area contributed by atoms with Crippen molar-refractivity contribution < 1.29 is 10.2 Å². The van der Waals surface area contributed by atoms with Crippen molar-refractivity contribution in [2.75, 3.05) is 0 Å². The lowest BCUT2D eigenvalue weighted by atomic mass is 9.77. The van der Waals surface area contributed by atoms with Crippen LogP contribution in [0.2, 0.25) is 0 Å². The van der Waals surface area contributed by atoms with E-state index in [0.717, 1.165) is 19.3 Å². The second-order valence-corrected chi connectivity index (χ2v) is 8.20. The van der Waals surface area contributed by atoms with Gasteiger partial charge in [0.15, 0.2) is 0 Å². The summed E-state index contributed by atoms with van der Waals surface area (Å²) in [5, 5.41) is 20.8. The Labute approximate surface area is 132 Å². The van der Waals surface area contributed by atoms with E-state index in [1.54, 1.807) is 0 Å². The Kier molecular flexibility index (Phi) is 7.06. The average Bonchev–Trinajstić information content (AvgIpc) is 2.60. The maximum Gasteiger partial charge on any atom is 0.0894 e. The predicted octanol–water partition coefficient (Wildman–Crippen LogP) is 4.88. The second kappa shape index (κ2) is 7.87. The summed E-state index contributed by atoms with van der Waals surface area (Å²) in [6.07, 6.45) is 9.43. The molecule has 2 N–H and O–H groups in total. The van der Waals surface area contributed by atoms with Crippen molar-refractivity contribution in [3.63, 3.8) is 0 Å². The summed E-state index contributed by atoms with van der Waals surface area (Å²) in [6.45, 7) is 10.8. The van der Waals surface area contributed by atoms with Crippen LogP contribution in [0.1, 0.15) is 92.4 Å². The third kappa shape index (κ3) is 4.89. The first-order valence-electron chi connectivity index (χ1n) is 8.90. The van der Waals surface area contributed by atoms with Crippen molar-refractivity contribution in [3.05, 3.63) is 5.92 Å². The smallest absolute Gasteiger partial charge is 0.0894 e. The van der Waals surface area contributed by atoms with Gasteiger partial charge in [-0.1, -0.05) is 40.0 Å². The molecule has 4 unspecified atom stereocenters. The van der Waals surface area contributed by atoms with E-state index >= 15 is 0 Å². The Hall–Kier alpha value is -0.210. The zero-order chi connectivity index (χ0) is 16.1. The minimum Gasteiger partial charge on any atom is -0.390 e. The molecule has 0 spiro atoms. The van der Waals surface area contributed by atoms with E-state index in [4.69, 9.17) is 0 Å². The van der Waals surface area contributed by atoms with Gasteiger partial charge >= 0.3 is 0 Å². The normalized spacial score (nSPS) is 36.1. The minimum absolute atomic E-state index is 0.0992. The maximum atomic E-state index is 10.4. The van der Waals surface area contributed by atoms with Gasteiger partial charge in [-0.3, -0.25) is 0 Å². The van der Waals surface area contributed by atoms with Crippen LogP contribution >= 0.6 is 0 Å². The first kappa shape index (κ1) is 18.8. The van der Waals surface area contributed by atoms with Crippen LogP contribution in [0.25, 0.3) is 0 Å². The maximum absolute atomic E-state index is 10.4. The summed E-state index contributed by atoms with van der Waals surface area (Å²) in [4.78, 5) is 0. The Balaban J connectivity index is 2.28. The van der Waals surface area contributed by atoms with Crippen LogP contribution in [0.3, 0.4) is 0 Å². The SMILES string of the molecule is CCC1(C)CC(C)(CCCCCCC[C+](C)C)C(O)C1O. The Bertz CT molecular complexity index is 302. The van der Waals surface area contributed by atoms with Crippen molar-refractivity contribution in [2.45, 2.75) is 105 Å². The molecular weight excluding hydrogens is 260 g/mol. The third-order valence-electron chi connectivity index (χ3n) is 5.77. The molecule has 0 amide bonds. The summed E-state index contributed by atoms with van der Waals surface area (Å²) in [5.41, 5.74) is -0.208. The van der Waals surface area contributed by atoms with Crippen LogP contribution in [0.15, 0.2) is 0 Å². The highest BCUT2D eigenvalue weighted by Crippen LogP contribution is 2.53. The molecule has 0 aromatic rings. The van der Waals surface area contributed by atoms with Gasteiger partial charge in [0.25, 0.3) is 0 Å². The Morgan fingerprint density at radius 2 is 1.43 bits per heavy atom. The van der Waals surface area contributed by atoms with E-state index in [9.17, 15) is 10.2 Å². The van der Waals surface area contributed by atoms with E-state index in [0.29, 0.717) is 0 Å². The number of rotatable bonds is 9. The van der Waals surface area contributed by atoms with Crippen molar-refractivity contribution in [3.8, 4) is 0 Å². The summed E-state index contributed by atoms with van der Waals surface area (Å²) >= 11 is 0. The van der Waals surface area contributed by atoms with Crippen molar-refractivity contribution in [1.29, 1.82) is 0 Å². The van der Waals surface area contributed by atoms with Crippen LogP contribution in [-0.4, -0.2) is 22.4 Å². The molecule has 0 aromatic carbocycles. The van der Waals surface area contributed by atoms with Gasteiger partial charge in [-0.2, -0.15) is 0 Å². The average molecular weight is 298 g/mol. The minimum atomic E-state index is -0.560. The van der Waals surface area contributed by atoms with Gasteiger partial charge in [0.1, 0.15) is 0 Å². The molecule has 1 rings (SSSR count). The van der Waals surface area contributed by atoms with E-state index in [1.165, 1.54) is 44.4 Å². The van der Waals surface area contributed by atoms with E-state index < -0.39 is 12.2 Å². The molecule has 1 aliphatic rings. The van der Waals surface area contributed by atoms with Gasteiger partial charge in [-0.05, 0) is 42.9 Å². The largest absolute Gasteiger partial charge is 0.390 e. The molecule has 2 heteroatoms. The van der Waals surface area contributed by atoms with E-state index in [-0.39, 0.29) is 10.8 Å². The molecule has 0 saturated heterocycles. The molecule has 0 bridgehead atoms. The molecule has 1 saturated carbocycles. The van der Waals surface area contributed by atoms with Gasteiger partial charge in [-0.25, -0.2) is 0 Å². The van der Waals surface area contributed by atoms with Crippen molar-refractivity contribution in [1.82, 2.24) is 0 Å². The molecule has 0 heterocycles. The van der Waals surface area contributed by atoms with Crippen LogP contribution in [-0.2, 0) is 0 Å². The summed E-state index contributed by atoms with van der Waals surface area (Å²) < 4.78 is 0. The Morgan fingerprint density at radius 3 is 1.95 bits per heavy atom. The third-order valence-corrected chi connectivity index (χ3v) is 5.77. The fraction of sp³-hybridized carbons (Fsp3) is 0.947. The van der Waals surface area contributed by atoms with Gasteiger partial charge in [0.05, 0.1) is 38.4 Å². The van der Waals surface area contributed by atoms with Gasteiger partial charge in [-0.15, -0.1) is 0 Å². The first-order valence-corrected chi connectivity index (χ1v) is 8.90. The highest BCUT2D eigenvalue weighted by molar-refractivity contribution is 5.04. The molecular formula is C19H37O2+.